The first-order chi connectivity index (χ1) is 13.4. The number of amides is 2. The van der Waals surface area contributed by atoms with Crippen LogP contribution in [0.2, 0.25) is 5.02 Å². The molecule has 0 aliphatic carbocycles. The summed E-state index contributed by atoms with van der Waals surface area (Å²) in [7, 11) is 1.57. The minimum atomic E-state index is -0.472. The summed E-state index contributed by atoms with van der Waals surface area (Å²) in [4.78, 5) is 24.1. The van der Waals surface area contributed by atoms with Crippen LogP contribution < -0.4 is 15.4 Å². The average Bonchev–Trinajstić information content (AvgIpc) is 3.05. The Kier molecular flexibility index (Phi) is 5.60. The van der Waals surface area contributed by atoms with Crippen molar-refractivity contribution in [1.82, 2.24) is 15.0 Å². The topological polar surface area (TPSA) is 98.1 Å². The molecule has 0 aliphatic rings. The number of aromatic nitrogens is 3. The number of benzene rings is 2. The van der Waals surface area contributed by atoms with Crippen molar-refractivity contribution >= 4 is 34.8 Å². The van der Waals surface area contributed by atoms with Crippen molar-refractivity contribution in [2.45, 2.75) is 13.8 Å². The molecule has 2 N–H and O–H groups in total. The molecule has 0 saturated carbocycles. The van der Waals surface area contributed by atoms with E-state index in [2.05, 4.69) is 20.9 Å². The molecule has 0 radical (unpaired) electrons. The summed E-state index contributed by atoms with van der Waals surface area (Å²) in [5.41, 5.74) is 2.21. The third-order valence-electron chi connectivity index (χ3n) is 3.95. The van der Waals surface area contributed by atoms with Gasteiger partial charge in [0.1, 0.15) is 5.75 Å². The Hall–Kier alpha value is -3.39. The van der Waals surface area contributed by atoms with Gasteiger partial charge in [-0.25, -0.2) is 4.68 Å². The Morgan fingerprint density at radius 3 is 2.61 bits per heavy atom. The monoisotopic (exact) mass is 399 g/mol. The second-order valence-electron chi connectivity index (χ2n) is 5.96. The molecule has 2 amide bonds. The van der Waals surface area contributed by atoms with Gasteiger partial charge in [-0.15, -0.1) is 5.10 Å². The molecule has 3 rings (SSSR count). The van der Waals surface area contributed by atoms with E-state index < -0.39 is 5.91 Å². The van der Waals surface area contributed by atoms with Gasteiger partial charge >= 0.3 is 0 Å². The van der Waals surface area contributed by atoms with Crippen molar-refractivity contribution in [1.29, 1.82) is 0 Å². The number of halogens is 1. The number of anilines is 2. The van der Waals surface area contributed by atoms with Crippen LogP contribution in [0.15, 0.2) is 42.5 Å². The lowest BCUT2D eigenvalue weighted by atomic mass is 10.2. The number of carbonyl (C=O) groups excluding carboxylic acids is 2. The van der Waals surface area contributed by atoms with E-state index in [1.165, 1.54) is 6.92 Å². The molecular weight excluding hydrogens is 382 g/mol. The van der Waals surface area contributed by atoms with E-state index in [4.69, 9.17) is 16.3 Å². The molecule has 1 heterocycles. The fourth-order valence-corrected chi connectivity index (χ4v) is 2.80. The van der Waals surface area contributed by atoms with E-state index in [9.17, 15) is 9.59 Å². The van der Waals surface area contributed by atoms with Gasteiger partial charge in [-0.3, -0.25) is 9.59 Å². The molecule has 2 aromatic carbocycles. The number of ether oxygens (including phenoxy) is 1. The standard InChI is InChI=1S/C19H18ClN5O3/c1-11-18(23-24-25(11)14-5-4-6-15(10-14)28-3)19(27)22-17-9-13(20)7-8-16(17)21-12(2)26/h4-10H,1-3H3,(H,21,26)(H,22,27). The van der Waals surface area contributed by atoms with Crippen LogP contribution in [0.1, 0.15) is 23.1 Å². The van der Waals surface area contributed by atoms with Gasteiger partial charge in [0.15, 0.2) is 5.69 Å². The molecule has 3 aromatic rings. The summed E-state index contributed by atoms with van der Waals surface area (Å²) >= 11 is 6.02. The summed E-state index contributed by atoms with van der Waals surface area (Å²) in [6.07, 6.45) is 0. The molecule has 0 saturated heterocycles. The zero-order chi connectivity index (χ0) is 20.3. The van der Waals surface area contributed by atoms with E-state index in [1.807, 2.05) is 18.2 Å². The Morgan fingerprint density at radius 1 is 1.11 bits per heavy atom. The van der Waals surface area contributed by atoms with E-state index in [1.54, 1.807) is 43.0 Å². The molecule has 0 atom stereocenters. The number of nitrogens with zero attached hydrogens (tertiary/aromatic N) is 3. The summed E-state index contributed by atoms with van der Waals surface area (Å²) < 4.78 is 6.76. The smallest absolute Gasteiger partial charge is 0.278 e. The van der Waals surface area contributed by atoms with Crippen LogP contribution in [0.3, 0.4) is 0 Å². The highest BCUT2D eigenvalue weighted by molar-refractivity contribution is 6.31. The van der Waals surface area contributed by atoms with E-state index in [0.29, 0.717) is 33.5 Å². The molecule has 28 heavy (non-hydrogen) atoms. The lowest BCUT2D eigenvalue weighted by Gasteiger charge is -2.11. The molecule has 0 unspecified atom stereocenters. The zero-order valence-corrected chi connectivity index (χ0v) is 16.2. The zero-order valence-electron chi connectivity index (χ0n) is 15.5. The normalized spacial score (nSPS) is 10.4. The number of nitrogens with one attached hydrogen (secondary N) is 2. The fourth-order valence-electron chi connectivity index (χ4n) is 2.63. The Bertz CT molecular complexity index is 1050. The Balaban J connectivity index is 1.89. The van der Waals surface area contributed by atoms with E-state index >= 15 is 0 Å². The highest BCUT2D eigenvalue weighted by atomic mass is 35.5. The molecule has 0 fully saturated rings. The van der Waals surface area contributed by atoms with Crippen LogP contribution in [0.4, 0.5) is 11.4 Å². The van der Waals surface area contributed by atoms with Gasteiger partial charge in [0.25, 0.3) is 5.91 Å². The van der Waals surface area contributed by atoms with Crippen LogP contribution in [-0.2, 0) is 4.79 Å². The second kappa shape index (κ2) is 8.10. The SMILES string of the molecule is COc1cccc(-n2nnc(C(=O)Nc3cc(Cl)ccc3NC(C)=O)c2C)c1. The van der Waals surface area contributed by atoms with Crippen LogP contribution in [0, 0.1) is 6.92 Å². The van der Waals surface area contributed by atoms with Gasteiger partial charge in [0, 0.05) is 18.0 Å². The maximum absolute atomic E-state index is 12.7. The number of rotatable bonds is 5. The molecule has 0 spiro atoms. The fraction of sp³-hybridized carbons (Fsp3) is 0.158. The van der Waals surface area contributed by atoms with Gasteiger partial charge in [-0.1, -0.05) is 22.9 Å². The van der Waals surface area contributed by atoms with Gasteiger partial charge in [-0.05, 0) is 37.3 Å². The van der Waals surface area contributed by atoms with Gasteiger partial charge in [0.2, 0.25) is 5.91 Å². The number of hydrogen-bond acceptors (Lipinski definition) is 5. The van der Waals surface area contributed by atoms with Crippen molar-refractivity contribution in [3.05, 3.63) is 58.9 Å². The minimum absolute atomic E-state index is 0.150. The Labute approximate surface area is 166 Å². The van der Waals surface area contributed by atoms with Crippen LogP contribution in [-0.4, -0.2) is 33.9 Å². The van der Waals surface area contributed by atoms with Gasteiger partial charge in [0.05, 0.1) is 29.9 Å². The van der Waals surface area contributed by atoms with Crippen molar-refractivity contribution < 1.29 is 14.3 Å². The van der Waals surface area contributed by atoms with Crippen LogP contribution in [0.25, 0.3) is 5.69 Å². The van der Waals surface area contributed by atoms with E-state index in [0.717, 1.165) is 0 Å². The number of methoxy groups -OCH3 is 1. The summed E-state index contributed by atoms with van der Waals surface area (Å²) in [6.45, 7) is 3.12. The molecule has 8 nitrogen and oxygen atoms in total. The molecule has 1 aromatic heterocycles. The van der Waals surface area contributed by atoms with Crippen molar-refractivity contribution in [2.75, 3.05) is 17.7 Å². The number of hydrogen-bond donors (Lipinski definition) is 2. The highest BCUT2D eigenvalue weighted by Crippen LogP contribution is 2.27. The highest BCUT2D eigenvalue weighted by Gasteiger charge is 2.19. The van der Waals surface area contributed by atoms with Crippen molar-refractivity contribution in [3.8, 4) is 11.4 Å². The molecule has 9 heteroatoms. The van der Waals surface area contributed by atoms with Crippen LogP contribution >= 0.6 is 11.6 Å². The lowest BCUT2D eigenvalue weighted by molar-refractivity contribution is -0.114. The molecule has 0 bridgehead atoms. The Morgan fingerprint density at radius 2 is 1.89 bits per heavy atom. The van der Waals surface area contributed by atoms with Crippen molar-refractivity contribution in [3.63, 3.8) is 0 Å². The lowest BCUT2D eigenvalue weighted by Crippen LogP contribution is -2.16. The predicted molar refractivity (Wildman–Crippen MR) is 106 cm³/mol. The van der Waals surface area contributed by atoms with Gasteiger partial charge < -0.3 is 15.4 Å². The predicted octanol–water partition coefficient (Wildman–Crippen LogP) is 3.45. The third kappa shape index (κ3) is 4.12. The second-order valence-corrected chi connectivity index (χ2v) is 6.40. The molecular formula is C19H18ClN5O3. The first-order valence-electron chi connectivity index (χ1n) is 8.34. The first-order valence-corrected chi connectivity index (χ1v) is 8.72. The largest absolute Gasteiger partial charge is 0.497 e. The van der Waals surface area contributed by atoms with Crippen molar-refractivity contribution in [2.24, 2.45) is 0 Å². The molecule has 144 valence electrons. The van der Waals surface area contributed by atoms with Gasteiger partial charge in [-0.2, -0.15) is 0 Å². The molecule has 0 aliphatic heterocycles. The summed E-state index contributed by atoms with van der Waals surface area (Å²) in [5, 5.41) is 13.9. The minimum Gasteiger partial charge on any atom is -0.497 e. The summed E-state index contributed by atoms with van der Waals surface area (Å²) in [6, 6.07) is 12.0. The van der Waals surface area contributed by atoms with E-state index in [-0.39, 0.29) is 11.6 Å². The number of carbonyl (C=O) groups is 2. The first kappa shape index (κ1) is 19.4. The maximum atomic E-state index is 12.7. The third-order valence-corrected chi connectivity index (χ3v) is 4.18. The summed E-state index contributed by atoms with van der Waals surface area (Å²) in [5.74, 6) is -0.0734. The maximum Gasteiger partial charge on any atom is 0.278 e. The average molecular weight is 400 g/mol. The van der Waals surface area contributed by atoms with Crippen LogP contribution in [0.5, 0.6) is 5.75 Å². The quantitative estimate of drug-likeness (QED) is 0.684.